The monoisotopic (exact) mass is 299 g/mol. The molecule has 2 rings (SSSR count). The maximum Gasteiger partial charge on any atom is 0.160 e. The third-order valence-corrected chi connectivity index (χ3v) is 3.90. The van der Waals surface area contributed by atoms with Crippen LogP contribution in [0.25, 0.3) is 0 Å². The van der Waals surface area contributed by atoms with Gasteiger partial charge in [0.2, 0.25) is 0 Å². The van der Waals surface area contributed by atoms with Crippen molar-refractivity contribution in [2.75, 3.05) is 20.8 Å². The van der Waals surface area contributed by atoms with E-state index >= 15 is 0 Å². The molecule has 1 aliphatic carbocycles. The summed E-state index contributed by atoms with van der Waals surface area (Å²) in [7, 11) is 3.35. The van der Waals surface area contributed by atoms with E-state index in [1.165, 1.54) is 37.7 Å². The van der Waals surface area contributed by atoms with Crippen LogP contribution in [0.2, 0.25) is 0 Å². The normalized spacial score (nSPS) is 15.5. The highest BCUT2D eigenvalue weighted by Crippen LogP contribution is 2.27. The Morgan fingerprint density at radius 1 is 1.05 bits per heavy atom. The van der Waals surface area contributed by atoms with Crippen molar-refractivity contribution >= 4 is 12.4 Å². The predicted octanol–water partition coefficient (Wildman–Crippen LogP) is 3.59. The molecule has 0 spiro atoms. The standard InChI is InChI=1S/C16H25NO2.ClH/c1-18-15-9-8-13(12-16(15)19-2)10-11-17-14-6-4-3-5-7-14;/h8-9,12,14,17H,3-7,10-11H2,1-2H3;1H. The average molecular weight is 300 g/mol. The molecule has 3 nitrogen and oxygen atoms in total. The zero-order valence-corrected chi connectivity index (χ0v) is 13.3. The molecule has 0 heterocycles. The molecule has 20 heavy (non-hydrogen) atoms. The largest absolute Gasteiger partial charge is 0.493 e. The van der Waals surface area contributed by atoms with E-state index in [9.17, 15) is 0 Å². The minimum Gasteiger partial charge on any atom is -0.493 e. The molecular formula is C16H26ClNO2. The highest BCUT2D eigenvalue weighted by atomic mass is 35.5. The van der Waals surface area contributed by atoms with Crippen LogP contribution in [0.15, 0.2) is 18.2 Å². The van der Waals surface area contributed by atoms with Crippen molar-refractivity contribution in [3.8, 4) is 11.5 Å². The highest BCUT2D eigenvalue weighted by Gasteiger charge is 2.12. The Hall–Kier alpha value is -0.930. The van der Waals surface area contributed by atoms with E-state index in [1.54, 1.807) is 14.2 Å². The van der Waals surface area contributed by atoms with Crippen LogP contribution in [-0.2, 0) is 6.42 Å². The fourth-order valence-corrected chi connectivity index (χ4v) is 2.76. The van der Waals surface area contributed by atoms with Gasteiger partial charge in [0.1, 0.15) is 0 Å². The Bertz CT molecular complexity index is 392. The molecule has 1 fully saturated rings. The molecule has 114 valence electrons. The Labute approximate surface area is 128 Å². The number of hydrogen-bond donors (Lipinski definition) is 1. The number of hydrogen-bond acceptors (Lipinski definition) is 3. The molecule has 0 amide bonds. The van der Waals surface area contributed by atoms with Gasteiger partial charge in [-0.25, -0.2) is 0 Å². The van der Waals surface area contributed by atoms with Crippen molar-refractivity contribution in [1.82, 2.24) is 5.32 Å². The molecule has 0 aliphatic heterocycles. The smallest absolute Gasteiger partial charge is 0.160 e. The number of ether oxygens (including phenoxy) is 2. The summed E-state index contributed by atoms with van der Waals surface area (Å²) in [4.78, 5) is 0. The molecule has 4 heteroatoms. The van der Waals surface area contributed by atoms with Crippen molar-refractivity contribution < 1.29 is 9.47 Å². The van der Waals surface area contributed by atoms with Crippen molar-refractivity contribution in [1.29, 1.82) is 0 Å². The van der Waals surface area contributed by atoms with Gasteiger partial charge in [-0.15, -0.1) is 12.4 Å². The molecule has 0 radical (unpaired) electrons. The lowest BCUT2D eigenvalue weighted by atomic mass is 9.95. The maximum atomic E-state index is 5.33. The van der Waals surface area contributed by atoms with Gasteiger partial charge < -0.3 is 14.8 Å². The van der Waals surface area contributed by atoms with E-state index < -0.39 is 0 Å². The lowest BCUT2D eigenvalue weighted by molar-refractivity contribution is 0.354. The number of rotatable bonds is 6. The number of methoxy groups -OCH3 is 2. The predicted molar refractivity (Wildman–Crippen MR) is 85.4 cm³/mol. The molecule has 1 aromatic rings. The fraction of sp³-hybridized carbons (Fsp3) is 0.625. The van der Waals surface area contributed by atoms with Crippen LogP contribution in [0.1, 0.15) is 37.7 Å². The van der Waals surface area contributed by atoms with Crippen molar-refractivity contribution in [2.45, 2.75) is 44.6 Å². The minimum atomic E-state index is 0. The topological polar surface area (TPSA) is 30.5 Å². The van der Waals surface area contributed by atoms with Gasteiger partial charge in [0.15, 0.2) is 11.5 Å². The first-order chi connectivity index (χ1) is 9.33. The third kappa shape index (κ3) is 4.88. The van der Waals surface area contributed by atoms with E-state index in [4.69, 9.17) is 9.47 Å². The summed E-state index contributed by atoms with van der Waals surface area (Å²) in [6.45, 7) is 1.04. The van der Waals surface area contributed by atoms with Crippen LogP contribution in [-0.4, -0.2) is 26.8 Å². The Balaban J connectivity index is 0.00000200. The van der Waals surface area contributed by atoms with E-state index in [1.807, 2.05) is 6.07 Å². The van der Waals surface area contributed by atoms with Gasteiger partial charge in [0, 0.05) is 6.04 Å². The van der Waals surface area contributed by atoms with Gasteiger partial charge in [-0.05, 0) is 43.5 Å². The number of benzene rings is 1. The molecule has 1 aliphatic rings. The average Bonchev–Trinajstić information content (AvgIpc) is 2.48. The van der Waals surface area contributed by atoms with Crippen molar-refractivity contribution in [3.63, 3.8) is 0 Å². The second kappa shape index (κ2) is 9.09. The van der Waals surface area contributed by atoms with Crippen LogP contribution >= 0.6 is 12.4 Å². The SMILES string of the molecule is COc1ccc(CCNC2CCCCC2)cc1OC.Cl. The second-order valence-electron chi connectivity index (χ2n) is 5.23. The Morgan fingerprint density at radius 3 is 2.40 bits per heavy atom. The van der Waals surface area contributed by atoms with Gasteiger partial charge in [0.25, 0.3) is 0 Å². The summed E-state index contributed by atoms with van der Waals surface area (Å²) in [6, 6.07) is 6.90. The highest BCUT2D eigenvalue weighted by molar-refractivity contribution is 5.85. The fourth-order valence-electron chi connectivity index (χ4n) is 2.76. The summed E-state index contributed by atoms with van der Waals surface area (Å²) in [5, 5.41) is 3.66. The first-order valence-electron chi connectivity index (χ1n) is 7.28. The Kier molecular flexibility index (Phi) is 7.78. The summed E-state index contributed by atoms with van der Waals surface area (Å²) in [5.74, 6) is 1.61. The lowest BCUT2D eigenvalue weighted by Crippen LogP contribution is -2.32. The van der Waals surface area contributed by atoms with E-state index in [0.29, 0.717) is 0 Å². The second-order valence-corrected chi connectivity index (χ2v) is 5.23. The van der Waals surface area contributed by atoms with Crippen LogP contribution in [0.4, 0.5) is 0 Å². The van der Waals surface area contributed by atoms with Crippen LogP contribution in [0.3, 0.4) is 0 Å². The van der Waals surface area contributed by atoms with Gasteiger partial charge in [-0.3, -0.25) is 0 Å². The molecule has 0 bridgehead atoms. The molecule has 1 aromatic carbocycles. The summed E-state index contributed by atoms with van der Waals surface area (Å²) in [5.41, 5.74) is 1.29. The molecule has 1 N–H and O–H groups in total. The molecule has 0 saturated heterocycles. The summed E-state index contributed by atoms with van der Waals surface area (Å²) < 4.78 is 10.6. The van der Waals surface area contributed by atoms with Crippen molar-refractivity contribution in [2.24, 2.45) is 0 Å². The van der Waals surface area contributed by atoms with E-state index in [2.05, 4.69) is 17.4 Å². The summed E-state index contributed by atoms with van der Waals surface area (Å²) >= 11 is 0. The zero-order valence-electron chi connectivity index (χ0n) is 12.5. The van der Waals surface area contributed by atoms with E-state index in [0.717, 1.165) is 30.5 Å². The molecule has 0 atom stereocenters. The van der Waals surface area contributed by atoms with E-state index in [-0.39, 0.29) is 12.4 Å². The molecule has 0 aromatic heterocycles. The maximum absolute atomic E-state index is 5.33. The third-order valence-electron chi connectivity index (χ3n) is 3.90. The van der Waals surface area contributed by atoms with Gasteiger partial charge >= 0.3 is 0 Å². The number of nitrogens with one attached hydrogen (secondary N) is 1. The molecule has 0 unspecified atom stereocenters. The van der Waals surface area contributed by atoms with Crippen molar-refractivity contribution in [3.05, 3.63) is 23.8 Å². The van der Waals surface area contributed by atoms with Gasteiger partial charge in [-0.2, -0.15) is 0 Å². The number of halogens is 1. The lowest BCUT2D eigenvalue weighted by Gasteiger charge is -2.22. The zero-order chi connectivity index (χ0) is 13.5. The van der Waals surface area contributed by atoms with Crippen LogP contribution in [0, 0.1) is 0 Å². The quantitative estimate of drug-likeness (QED) is 0.871. The Morgan fingerprint density at radius 2 is 1.75 bits per heavy atom. The van der Waals surface area contributed by atoms with Gasteiger partial charge in [0.05, 0.1) is 14.2 Å². The minimum absolute atomic E-state index is 0. The molecular weight excluding hydrogens is 274 g/mol. The summed E-state index contributed by atoms with van der Waals surface area (Å²) in [6.07, 6.45) is 7.89. The molecule has 1 saturated carbocycles. The first-order valence-corrected chi connectivity index (χ1v) is 7.28. The van der Waals surface area contributed by atoms with Gasteiger partial charge in [-0.1, -0.05) is 25.3 Å². The first kappa shape index (κ1) is 17.1. The van der Waals surface area contributed by atoms with Crippen LogP contribution in [0.5, 0.6) is 11.5 Å². The van der Waals surface area contributed by atoms with Crippen LogP contribution < -0.4 is 14.8 Å².